The van der Waals surface area contributed by atoms with Crippen LogP contribution in [-0.2, 0) is 16.4 Å². The zero-order chi connectivity index (χ0) is 28.9. The zero-order valence-electron chi connectivity index (χ0n) is 22.3. The van der Waals surface area contributed by atoms with Crippen LogP contribution in [0.25, 0.3) is 11.3 Å². The molecule has 1 amide bonds. The number of benzene rings is 1. The molecule has 1 fully saturated rings. The number of ether oxygens (including phenoxy) is 1. The van der Waals surface area contributed by atoms with Gasteiger partial charge in [-0.1, -0.05) is 6.07 Å². The first-order valence-corrected chi connectivity index (χ1v) is 13.0. The van der Waals surface area contributed by atoms with Gasteiger partial charge < -0.3 is 20.7 Å². The third-order valence-corrected chi connectivity index (χ3v) is 7.07. The predicted octanol–water partition coefficient (Wildman–Crippen LogP) is 4.43. The molecule has 1 unspecified atom stereocenters. The minimum Gasteiger partial charge on any atom is -0.477 e. The first-order valence-electron chi connectivity index (χ1n) is 13.0. The Bertz CT molecular complexity index is 1380. The number of nitrogens with two attached hydrogens (primary N) is 1. The first kappa shape index (κ1) is 28.8. The molecule has 3 aromatic rings. The van der Waals surface area contributed by atoms with Crippen LogP contribution in [-0.4, -0.2) is 48.2 Å². The van der Waals surface area contributed by atoms with Crippen LogP contribution in [0.2, 0.25) is 0 Å². The fourth-order valence-electron chi connectivity index (χ4n) is 4.95. The second kappa shape index (κ2) is 11.9. The van der Waals surface area contributed by atoms with E-state index in [1.54, 1.807) is 25.4 Å². The quantitative estimate of drug-likeness (QED) is 0.425. The maximum absolute atomic E-state index is 13.6. The van der Waals surface area contributed by atoms with E-state index < -0.39 is 17.2 Å². The van der Waals surface area contributed by atoms with Crippen LogP contribution >= 0.6 is 0 Å². The van der Waals surface area contributed by atoms with Crippen LogP contribution in [0.4, 0.5) is 18.9 Å². The van der Waals surface area contributed by atoms with Gasteiger partial charge in [0.1, 0.15) is 6.07 Å². The van der Waals surface area contributed by atoms with Crippen molar-refractivity contribution in [3.8, 4) is 23.2 Å². The monoisotopic (exact) mass is 552 g/mol. The van der Waals surface area contributed by atoms with Crippen LogP contribution in [0.15, 0.2) is 54.9 Å². The average Bonchev–Trinajstić information content (AvgIpc) is 2.95. The van der Waals surface area contributed by atoms with Gasteiger partial charge in [-0.25, -0.2) is 4.98 Å². The molecule has 40 heavy (non-hydrogen) atoms. The highest BCUT2D eigenvalue weighted by Gasteiger charge is 2.43. The molecule has 1 aromatic carbocycles. The Morgan fingerprint density at radius 3 is 2.58 bits per heavy atom. The summed E-state index contributed by atoms with van der Waals surface area (Å²) in [7, 11) is 0. The van der Waals surface area contributed by atoms with Crippen molar-refractivity contribution in [1.82, 2.24) is 15.3 Å². The predicted molar refractivity (Wildman–Crippen MR) is 145 cm³/mol. The van der Waals surface area contributed by atoms with Crippen LogP contribution in [0, 0.1) is 11.3 Å². The summed E-state index contributed by atoms with van der Waals surface area (Å²) in [6, 6.07) is 12.2. The summed E-state index contributed by atoms with van der Waals surface area (Å²) >= 11 is 0. The molecule has 11 heteroatoms. The van der Waals surface area contributed by atoms with Crippen molar-refractivity contribution in [2.75, 3.05) is 31.1 Å². The molecular weight excluding hydrogens is 521 g/mol. The number of nitriles is 1. The number of carbonyl (C=O) groups is 1. The van der Waals surface area contributed by atoms with E-state index in [4.69, 9.17) is 10.5 Å². The number of pyridine rings is 2. The number of piperidine rings is 1. The van der Waals surface area contributed by atoms with Gasteiger partial charge in [0.25, 0.3) is 0 Å². The van der Waals surface area contributed by atoms with Crippen molar-refractivity contribution in [2.45, 2.75) is 44.3 Å². The highest BCUT2D eigenvalue weighted by molar-refractivity contribution is 5.89. The molecule has 1 aliphatic heterocycles. The highest BCUT2D eigenvalue weighted by Crippen LogP contribution is 2.40. The molecule has 1 saturated heterocycles. The SMILES string of the molecule is CCOc1ncccc1-c1ccc(C2(C(=O)NCC(C)N)CCN(c3ccc(C(F)(F)F)cc3C#N)CC2)cn1. The molecule has 8 nitrogen and oxygen atoms in total. The van der Waals surface area contributed by atoms with E-state index in [1.165, 1.54) is 6.07 Å². The summed E-state index contributed by atoms with van der Waals surface area (Å²) in [5.41, 5.74) is 6.52. The van der Waals surface area contributed by atoms with Crippen molar-refractivity contribution < 1.29 is 22.7 Å². The molecule has 2 aromatic heterocycles. The summed E-state index contributed by atoms with van der Waals surface area (Å²) < 4.78 is 45.2. The third-order valence-electron chi connectivity index (χ3n) is 7.07. The lowest BCUT2D eigenvalue weighted by atomic mass is 9.72. The molecule has 1 aliphatic rings. The van der Waals surface area contributed by atoms with E-state index in [2.05, 4.69) is 15.3 Å². The molecule has 4 rings (SSSR count). The number of amides is 1. The van der Waals surface area contributed by atoms with E-state index in [0.717, 1.165) is 17.7 Å². The fourth-order valence-corrected chi connectivity index (χ4v) is 4.95. The summed E-state index contributed by atoms with van der Waals surface area (Å²) in [6.07, 6.45) is -0.498. The zero-order valence-corrected chi connectivity index (χ0v) is 22.3. The fraction of sp³-hybridized carbons (Fsp3) is 0.379. The maximum Gasteiger partial charge on any atom is 0.416 e. The number of anilines is 1. The topological polar surface area (TPSA) is 117 Å². The Morgan fingerprint density at radius 1 is 1.23 bits per heavy atom. The van der Waals surface area contributed by atoms with Crippen LogP contribution in [0.3, 0.4) is 0 Å². The van der Waals surface area contributed by atoms with Crippen LogP contribution in [0.5, 0.6) is 5.88 Å². The van der Waals surface area contributed by atoms with Crippen molar-refractivity contribution in [3.63, 3.8) is 0 Å². The molecule has 0 aliphatic carbocycles. The van der Waals surface area contributed by atoms with Crippen molar-refractivity contribution in [1.29, 1.82) is 5.26 Å². The molecular formula is C29H31F3N6O2. The van der Waals surface area contributed by atoms with Crippen molar-refractivity contribution >= 4 is 11.6 Å². The number of halogens is 3. The first-order chi connectivity index (χ1) is 19.1. The average molecular weight is 553 g/mol. The Kier molecular flexibility index (Phi) is 8.59. The van der Waals surface area contributed by atoms with Gasteiger partial charge >= 0.3 is 6.18 Å². The number of nitrogens with one attached hydrogen (secondary N) is 1. The third kappa shape index (κ3) is 6.02. The minimum atomic E-state index is -4.54. The second-order valence-corrected chi connectivity index (χ2v) is 9.82. The molecule has 210 valence electrons. The van der Waals surface area contributed by atoms with Gasteiger partial charge in [-0.05, 0) is 68.7 Å². The summed E-state index contributed by atoms with van der Waals surface area (Å²) in [6.45, 7) is 5.11. The Hall–Kier alpha value is -4.17. The smallest absolute Gasteiger partial charge is 0.416 e. The van der Waals surface area contributed by atoms with Gasteiger partial charge in [0.15, 0.2) is 0 Å². The van der Waals surface area contributed by atoms with Gasteiger partial charge in [0.2, 0.25) is 11.8 Å². The number of hydrogen-bond donors (Lipinski definition) is 2. The second-order valence-electron chi connectivity index (χ2n) is 9.82. The lowest BCUT2D eigenvalue weighted by Crippen LogP contribution is -2.53. The number of carbonyl (C=O) groups excluding carboxylic acids is 1. The molecule has 0 bridgehead atoms. The van der Waals surface area contributed by atoms with Crippen molar-refractivity contribution in [2.24, 2.45) is 5.73 Å². The Balaban J connectivity index is 1.63. The number of alkyl halides is 3. The van der Waals surface area contributed by atoms with Gasteiger partial charge in [0.05, 0.1) is 40.1 Å². The number of hydrogen-bond acceptors (Lipinski definition) is 7. The molecule has 3 N–H and O–H groups in total. The number of aromatic nitrogens is 2. The molecule has 0 radical (unpaired) electrons. The minimum absolute atomic E-state index is 0.0590. The van der Waals surface area contributed by atoms with Crippen LogP contribution < -0.4 is 20.7 Å². The summed E-state index contributed by atoms with van der Waals surface area (Å²) in [5, 5.41) is 12.5. The summed E-state index contributed by atoms with van der Waals surface area (Å²) in [4.78, 5) is 24.4. The number of rotatable bonds is 8. The van der Waals surface area contributed by atoms with Gasteiger partial charge in [-0.3, -0.25) is 9.78 Å². The number of nitrogens with zero attached hydrogens (tertiary/aromatic N) is 4. The standard InChI is InChI=1S/C29H31F3N6O2/c1-3-40-26-23(5-4-12-35-26)24-8-6-22(18-36-24)28(27(39)37-17-19(2)34)10-13-38(14-11-28)25-9-7-21(29(30,31)32)15-20(25)16-33/h4-9,12,15,18-19H,3,10-11,13-14,17,34H2,1-2H3,(H,37,39). The van der Waals surface area contributed by atoms with E-state index in [1.807, 2.05) is 36.1 Å². The van der Waals surface area contributed by atoms with E-state index in [9.17, 15) is 23.2 Å². The van der Waals surface area contributed by atoms with E-state index in [0.29, 0.717) is 61.9 Å². The van der Waals surface area contributed by atoms with Crippen LogP contribution in [0.1, 0.15) is 43.4 Å². The molecule has 3 heterocycles. The van der Waals surface area contributed by atoms with Crippen molar-refractivity contribution in [3.05, 3.63) is 71.5 Å². The van der Waals surface area contributed by atoms with E-state index >= 15 is 0 Å². The molecule has 1 atom stereocenters. The van der Waals surface area contributed by atoms with Gasteiger partial charge in [-0.2, -0.15) is 18.4 Å². The molecule has 0 saturated carbocycles. The lowest BCUT2D eigenvalue weighted by molar-refractivity contribution is -0.137. The van der Waals surface area contributed by atoms with Gasteiger partial charge in [0, 0.05) is 38.1 Å². The van der Waals surface area contributed by atoms with Gasteiger partial charge in [-0.15, -0.1) is 0 Å². The summed E-state index contributed by atoms with van der Waals surface area (Å²) in [5.74, 6) is 0.274. The largest absolute Gasteiger partial charge is 0.477 e. The Labute approximate surface area is 231 Å². The highest BCUT2D eigenvalue weighted by atomic mass is 19.4. The maximum atomic E-state index is 13.6. The lowest BCUT2D eigenvalue weighted by Gasteiger charge is -2.42. The van der Waals surface area contributed by atoms with E-state index in [-0.39, 0.29) is 17.5 Å². The normalized spacial score (nSPS) is 15.7. The Morgan fingerprint density at radius 2 is 1.98 bits per heavy atom. The molecule has 0 spiro atoms.